The minimum absolute atomic E-state index is 0.0203. The topological polar surface area (TPSA) is 46.2 Å². The normalized spacial score (nSPS) is 13.6. The van der Waals surface area contributed by atoms with Crippen LogP contribution in [0.3, 0.4) is 0 Å². The van der Waals surface area contributed by atoms with Gasteiger partial charge in [0.2, 0.25) is 10.0 Å². The fraction of sp³-hybridized carbons (Fsp3) is 0.400. The molecule has 96 valence electrons. The maximum atomic E-state index is 12.0. The molecule has 1 atom stereocenters. The number of sulfonamides is 1. The van der Waals surface area contributed by atoms with Crippen molar-refractivity contribution in [2.24, 2.45) is 0 Å². The van der Waals surface area contributed by atoms with Gasteiger partial charge in [-0.25, -0.2) is 13.1 Å². The van der Waals surface area contributed by atoms with E-state index in [1.54, 1.807) is 6.92 Å². The summed E-state index contributed by atoms with van der Waals surface area (Å²) >= 11 is 17.1. The highest BCUT2D eigenvalue weighted by Crippen LogP contribution is 2.25. The highest BCUT2D eigenvalue weighted by Gasteiger charge is 2.20. The van der Waals surface area contributed by atoms with E-state index < -0.39 is 10.0 Å². The van der Waals surface area contributed by atoms with Crippen molar-refractivity contribution in [3.05, 3.63) is 28.2 Å². The van der Waals surface area contributed by atoms with E-state index in [1.165, 1.54) is 18.2 Å². The van der Waals surface area contributed by atoms with Crippen LogP contribution in [0.1, 0.15) is 13.3 Å². The first kappa shape index (κ1) is 15.1. The lowest BCUT2D eigenvalue weighted by atomic mass is 10.3. The number of hydrogen-bond acceptors (Lipinski definition) is 2. The molecule has 1 rings (SSSR count). The van der Waals surface area contributed by atoms with Gasteiger partial charge in [-0.15, -0.1) is 11.6 Å². The van der Waals surface area contributed by atoms with E-state index in [9.17, 15) is 8.42 Å². The van der Waals surface area contributed by atoms with Crippen LogP contribution < -0.4 is 4.72 Å². The molecule has 0 saturated carbocycles. The molecule has 1 aromatic rings. The van der Waals surface area contributed by atoms with Gasteiger partial charge >= 0.3 is 0 Å². The zero-order valence-electron chi connectivity index (χ0n) is 9.08. The number of halogens is 3. The molecule has 1 N–H and O–H groups in total. The Balaban J connectivity index is 3.01. The van der Waals surface area contributed by atoms with Crippen LogP contribution >= 0.6 is 34.8 Å². The summed E-state index contributed by atoms with van der Waals surface area (Å²) in [5.41, 5.74) is 0. The molecule has 0 amide bonds. The van der Waals surface area contributed by atoms with E-state index in [4.69, 9.17) is 34.8 Å². The average Bonchev–Trinajstić information content (AvgIpc) is 2.21. The maximum Gasteiger partial charge on any atom is 0.242 e. The van der Waals surface area contributed by atoms with Crippen LogP contribution in [0.25, 0.3) is 0 Å². The van der Waals surface area contributed by atoms with Gasteiger partial charge in [-0.2, -0.15) is 0 Å². The third-order valence-corrected chi connectivity index (χ3v) is 4.61. The SMILES string of the molecule is CC(CCCl)NS(=O)(=O)c1cc(Cl)ccc1Cl. The summed E-state index contributed by atoms with van der Waals surface area (Å²) in [5, 5.41) is 0.458. The number of rotatable bonds is 5. The van der Waals surface area contributed by atoms with Gasteiger partial charge in [-0.05, 0) is 31.5 Å². The van der Waals surface area contributed by atoms with Crippen LogP contribution in [0.2, 0.25) is 10.0 Å². The molecule has 0 aromatic heterocycles. The van der Waals surface area contributed by atoms with Crippen molar-refractivity contribution in [2.45, 2.75) is 24.3 Å². The second kappa shape index (κ2) is 6.25. The number of nitrogens with one attached hydrogen (secondary N) is 1. The van der Waals surface area contributed by atoms with E-state index in [-0.39, 0.29) is 16.0 Å². The van der Waals surface area contributed by atoms with Gasteiger partial charge in [-0.3, -0.25) is 0 Å². The van der Waals surface area contributed by atoms with Gasteiger partial charge in [0.25, 0.3) is 0 Å². The quantitative estimate of drug-likeness (QED) is 0.847. The summed E-state index contributed by atoms with van der Waals surface area (Å²) in [6.07, 6.45) is 0.541. The number of alkyl halides is 1. The van der Waals surface area contributed by atoms with E-state index in [0.29, 0.717) is 17.3 Å². The molecule has 0 spiro atoms. The Labute approximate surface area is 116 Å². The van der Waals surface area contributed by atoms with Crippen molar-refractivity contribution in [3.63, 3.8) is 0 Å². The fourth-order valence-electron chi connectivity index (χ4n) is 1.23. The van der Waals surface area contributed by atoms with Gasteiger partial charge in [0, 0.05) is 16.9 Å². The highest BCUT2D eigenvalue weighted by molar-refractivity contribution is 7.89. The summed E-state index contributed by atoms with van der Waals surface area (Å²) in [6.45, 7) is 1.73. The molecule has 3 nitrogen and oxygen atoms in total. The molecule has 17 heavy (non-hydrogen) atoms. The Morgan fingerprint density at radius 2 is 2.00 bits per heavy atom. The Morgan fingerprint density at radius 1 is 1.35 bits per heavy atom. The van der Waals surface area contributed by atoms with Gasteiger partial charge in [0.15, 0.2) is 0 Å². The van der Waals surface area contributed by atoms with Crippen molar-refractivity contribution >= 4 is 44.8 Å². The van der Waals surface area contributed by atoms with Crippen molar-refractivity contribution in [1.29, 1.82) is 0 Å². The van der Waals surface area contributed by atoms with E-state index in [0.717, 1.165) is 0 Å². The second-order valence-electron chi connectivity index (χ2n) is 3.57. The summed E-state index contributed by atoms with van der Waals surface area (Å²) in [6, 6.07) is 4.04. The van der Waals surface area contributed by atoms with E-state index in [1.807, 2.05) is 0 Å². The molecule has 1 unspecified atom stereocenters. The first-order chi connectivity index (χ1) is 7.86. The zero-order valence-corrected chi connectivity index (χ0v) is 12.2. The summed E-state index contributed by atoms with van der Waals surface area (Å²) in [4.78, 5) is -0.0203. The molecule has 0 radical (unpaired) electrons. The van der Waals surface area contributed by atoms with Crippen LogP contribution in [-0.2, 0) is 10.0 Å². The Morgan fingerprint density at radius 3 is 2.59 bits per heavy atom. The molecule has 0 saturated heterocycles. The molecule has 7 heteroatoms. The molecule has 0 aliphatic heterocycles. The van der Waals surface area contributed by atoms with Crippen molar-refractivity contribution in [3.8, 4) is 0 Å². The molecular weight excluding hydrogens is 305 g/mol. The van der Waals surface area contributed by atoms with Gasteiger partial charge in [0.05, 0.1) is 5.02 Å². The smallest absolute Gasteiger partial charge is 0.208 e. The summed E-state index contributed by atoms with van der Waals surface area (Å²) in [7, 11) is -3.66. The largest absolute Gasteiger partial charge is 0.242 e. The van der Waals surface area contributed by atoms with E-state index in [2.05, 4.69) is 4.72 Å². The molecule has 0 aliphatic rings. The lowest BCUT2D eigenvalue weighted by Gasteiger charge is -2.13. The standard InChI is InChI=1S/C10H12Cl3NO2S/c1-7(4-5-11)14-17(15,16)10-6-8(12)2-3-9(10)13/h2-3,6-7,14H,4-5H2,1H3. The van der Waals surface area contributed by atoms with Crippen molar-refractivity contribution in [2.75, 3.05) is 5.88 Å². The van der Waals surface area contributed by atoms with Gasteiger partial charge in [-0.1, -0.05) is 23.2 Å². The second-order valence-corrected chi connectivity index (χ2v) is 6.48. The van der Waals surface area contributed by atoms with Gasteiger partial charge in [0.1, 0.15) is 4.90 Å². The first-order valence-electron chi connectivity index (χ1n) is 4.90. The Kier molecular flexibility index (Phi) is 5.54. The van der Waals surface area contributed by atoms with Crippen LogP contribution in [0.15, 0.2) is 23.1 Å². The van der Waals surface area contributed by atoms with E-state index >= 15 is 0 Å². The predicted octanol–water partition coefficient (Wildman–Crippen LogP) is 3.29. The van der Waals surface area contributed by atoms with Crippen LogP contribution in [0.5, 0.6) is 0 Å². The average molecular weight is 317 g/mol. The predicted molar refractivity (Wildman–Crippen MR) is 71.6 cm³/mol. The van der Waals surface area contributed by atoms with Crippen LogP contribution in [-0.4, -0.2) is 20.3 Å². The van der Waals surface area contributed by atoms with Crippen LogP contribution in [0.4, 0.5) is 0 Å². The minimum atomic E-state index is -3.66. The lowest BCUT2D eigenvalue weighted by Crippen LogP contribution is -2.33. The number of benzene rings is 1. The van der Waals surface area contributed by atoms with Gasteiger partial charge < -0.3 is 0 Å². The third kappa shape index (κ3) is 4.30. The first-order valence-corrected chi connectivity index (χ1v) is 7.67. The summed E-state index contributed by atoms with van der Waals surface area (Å²) < 4.78 is 26.5. The molecular formula is C10H12Cl3NO2S. The highest BCUT2D eigenvalue weighted by atomic mass is 35.5. The maximum absolute atomic E-state index is 12.0. The molecule has 0 aliphatic carbocycles. The fourth-order valence-corrected chi connectivity index (χ4v) is 3.60. The molecule has 0 bridgehead atoms. The number of hydrogen-bond donors (Lipinski definition) is 1. The Bertz CT molecular complexity index is 490. The minimum Gasteiger partial charge on any atom is -0.208 e. The zero-order chi connectivity index (χ0) is 13.1. The molecule has 0 fully saturated rings. The molecule has 0 heterocycles. The van der Waals surface area contributed by atoms with Crippen molar-refractivity contribution < 1.29 is 8.42 Å². The Hall–Kier alpha value is -0.000000000000000111. The van der Waals surface area contributed by atoms with Crippen LogP contribution in [0, 0.1) is 0 Å². The lowest BCUT2D eigenvalue weighted by molar-refractivity contribution is 0.557. The molecule has 1 aromatic carbocycles. The summed E-state index contributed by atoms with van der Waals surface area (Å²) in [5.74, 6) is 0.382. The van der Waals surface area contributed by atoms with Crippen molar-refractivity contribution in [1.82, 2.24) is 4.72 Å². The monoisotopic (exact) mass is 315 g/mol. The third-order valence-electron chi connectivity index (χ3n) is 2.08.